The molecular weight excluding hydrogens is 260 g/mol. The molecule has 0 bridgehead atoms. The van der Waals surface area contributed by atoms with Gasteiger partial charge in [0.15, 0.2) is 0 Å². The highest BCUT2D eigenvalue weighted by atomic mass is 32.2. The molecule has 0 unspecified atom stereocenters. The second kappa shape index (κ2) is 10.3. The number of unbranched alkanes of at least 4 members (excludes halogenated alkanes) is 3. The molecule has 0 aliphatic carbocycles. The van der Waals surface area contributed by atoms with Crippen LogP contribution in [0, 0.1) is 0 Å². The first-order valence-corrected chi connectivity index (χ1v) is 8.03. The van der Waals surface area contributed by atoms with E-state index in [2.05, 4.69) is 17.2 Å². The van der Waals surface area contributed by atoms with Gasteiger partial charge in [0.05, 0.1) is 10.0 Å². The molecule has 0 amide bonds. The quantitative estimate of drug-likeness (QED) is 0.419. The van der Waals surface area contributed by atoms with Crippen molar-refractivity contribution in [1.82, 2.24) is 10.3 Å². The molecule has 1 rings (SSSR count). The van der Waals surface area contributed by atoms with E-state index in [0.717, 1.165) is 28.7 Å². The van der Waals surface area contributed by atoms with Crippen LogP contribution in [0.2, 0.25) is 0 Å². The molecule has 0 saturated carbocycles. The minimum Gasteiger partial charge on any atom is -0.380 e. The molecule has 0 fully saturated rings. The summed E-state index contributed by atoms with van der Waals surface area (Å²) in [6.45, 7) is 3.25. The van der Waals surface area contributed by atoms with Crippen LogP contribution in [-0.2, 0) is 0 Å². The first-order valence-electron chi connectivity index (χ1n) is 6.63. The lowest BCUT2D eigenvalue weighted by atomic mass is 10.2. The Kier molecular flexibility index (Phi) is 8.86. The fraction of sp³-hybridized carbons (Fsp3) is 0.571. The summed E-state index contributed by atoms with van der Waals surface area (Å²) in [5.41, 5.74) is 0. The molecule has 2 nitrogen and oxygen atoms in total. The molecule has 1 aromatic rings. The Morgan fingerprint density at radius 2 is 2.22 bits per heavy atom. The van der Waals surface area contributed by atoms with E-state index in [4.69, 9.17) is 12.2 Å². The van der Waals surface area contributed by atoms with Crippen LogP contribution < -0.4 is 5.32 Å². The van der Waals surface area contributed by atoms with Crippen LogP contribution in [0.5, 0.6) is 0 Å². The molecule has 1 N–H and O–H groups in total. The van der Waals surface area contributed by atoms with Crippen LogP contribution in [0.4, 0.5) is 0 Å². The highest BCUT2D eigenvalue weighted by Gasteiger charge is 1.98. The van der Waals surface area contributed by atoms with Gasteiger partial charge in [0.2, 0.25) is 0 Å². The Hall–Kier alpha value is -0.610. The Bertz CT molecular complexity index is 328. The first kappa shape index (κ1) is 15.4. The largest absolute Gasteiger partial charge is 0.380 e. The fourth-order valence-electron chi connectivity index (χ4n) is 1.55. The molecule has 0 aliphatic rings. The zero-order chi connectivity index (χ0) is 13.1. The first-order chi connectivity index (χ1) is 8.83. The lowest BCUT2D eigenvalue weighted by Gasteiger charge is -2.07. The standard InChI is InChI=1S/C14H22N2S2/c1-2-3-4-6-10-15-13(17)9-12-18-14-8-5-7-11-16-14/h5,7-8,11H,2-4,6,9-10,12H2,1H3,(H,15,17). The molecule has 18 heavy (non-hydrogen) atoms. The Morgan fingerprint density at radius 1 is 1.33 bits per heavy atom. The number of pyridine rings is 1. The van der Waals surface area contributed by atoms with E-state index in [1.54, 1.807) is 11.8 Å². The monoisotopic (exact) mass is 282 g/mol. The maximum absolute atomic E-state index is 5.30. The zero-order valence-electron chi connectivity index (χ0n) is 11.0. The van der Waals surface area contributed by atoms with Crippen molar-refractivity contribution in [1.29, 1.82) is 0 Å². The number of thiocarbonyl (C=S) groups is 1. The molecule has 0 aromatic carbocycles. The summed E-state index contributed by atoms with van der Waals surface area (Å²) in [6, 6.07) is 5.98. The third-order valence-electron chi connectivity index (χ3n) is 2.57. The summed E-state index contributed by atoms with van der Waals surface area (Å²) in [4.78, 5) is 5.25. The topological polar surface area (TPSA) is 24.9 Å². The predicted molar refractivity (Wildman–Crippen MR) is 84.3 cm³/mol. The molecule has 1 heterocycles. The summed E-state index contributed by atoms with van der Waals surface area (Å²) in [6.07, 6.45) is 7.89. The third-order valence-corrected chi connectivity index (χ3v) is 3.86. The van der Waals surface area contributed by atoms with E-state index in [0.29, 0.717) is 0 Å². The van der Waals surface area contributed by atoms with Gasteiger partial charge in [0.25, 0.3) is 0 Å². The van der Waals surface area contributed by atoms with E-state index in [-0.39, 0.29) is 0 Å². The Labute approximate surface area is 120 Å². The lowest BCUT2D eigenvalue weighted by Crippen LogP contribution is -2.22. The van der Waals surface area contributed by atoms with Crippen LogP contribution in [0.1, 0.15) is 39.0 Å². The number of thioether (sulfide) groups is 1. The van der Waals surface area contributed by atoms with Crippen LogP contribution >= 0.6 is 24.0 Å². The summed E-state index contributed by atoms with van der Waals surface area (Å²) in [5.74, 6) is 0.998. The predicted octanol–water partition coefficient (Wildman–Crippen LogP) is 4.06. The number of nitrogens with zero attached hydrogens (tertiary/aromatic N) is 1. The van der Waals surface area contributed by atoms with Gasteiger partial charge in [-0.2, -0.15) is 0 Å². The molecule has 100 valence electrons. The SMILES string of the molecule is CCCCCCNC(=S)CCSc1ccccn1. The highest BCUT2D eigenvalue weighted by Crippen LogP contribution is 2.14. The van der Waals surface area contributed by atoms with E-state index in [1.807, 2.05) is 24.4 Å². The highest BCUT2D eigenvalue weighted by molar-refractivity contribution is 7.99. The second-order valence-electron chi connectivity index (χ2n) is 4.18. The Morgan fingerprint density at radius 3 is 2.94 bits per heavy atom. The van der Waals surface area contributed by atoms with Gasteiger partial charge in [-0.1, -0.05) is 44.5 Å². The number of hydrogen-bond donors (Lipinski definition) is 1. The summed E-state index contributed by atoms with van der Waals surface area (Å²) in [7, 11) is 0. The molecule has 1 aromatic heterocycles. The molecule has 0 spiro atoms. The van der Waals surface area contributed by atoms with E-state index in [1.165, 1.54) is 25.7 Å². The van der Waals surface area contributed by atoms with E-state index < -0.39 is 0 Å². The van der Waals surface area contributed by atoms with Crippen molar-refractivity contribution < 1.29 is 0 Å². The minimum atomic E-state index is 0.935. The molecule has 0 aliphatic heterocycles. The van der Waals surface area contributed by atoms with Gasteiger partial charge in [0.1, 0.15) is 0 Å². The van der Waals surface area contributed by atoms with Gasteiger partial charge in [-0.25, -0.2) is 4.98 Å². The van der Waals surface area contributed by atoms with Gasteiger partial charge in [0, 0.05) is 24.9 Å². The number of hydrogen-bond acceptors (Lipinski definition) is 3. The Balaban J connectivity index is 2.00. The number of aromatic nitrogens is 1. The summed E-state index contributed by atoms with van der Waals surface area (Å²) < 4.78 is 0. The summed E-state index contributed by atoms with van der Waals surface area (Å²) in [5, 5.41) is 4.40. The van der Waals surface area contributed by atoms with Crippen LogP contribution in [0.3, 0.4) is 0 Å². The normalized spacial score (nSPS) is 10.3. The maximum atomic E-state index is 5.30. The van der Waals surface area contributed by atoms with Gasteiger partial charge < -0.3 is 5.32 Å². The fourth-order valence-corrected chi connectivity index (χ4v) is 2.71. The summed E-state index contributed by atoms with van der Waals surface area (Å²) >= 11 is 7.06. The number of nitrogens with one attached hydrogen (secondary N) is 1. The van der Waals surface area contributed by atoms with Crippen LogP contribution in [0.15, 0.2) is 29.4 Å². The number of rotatable bonds is 9. The zero-order valence-corrected chi connectivity index (χ0v) is 12.7. The minimum absolute atomic E-state index is 0.935. The molecule has 4 heteroatoms. The van der Waals surface area contributed by atoms with Crippen molar-refractivity contribution in [2.75, 3.05) is 12.3 Å². The molecular formula is C14H22N2S2. The van der Waals surface area contributed by atoms with Crippen molar-refractivity contribution in [3.63, 3.8) is 0 Å². The van der Waals surface area contributed by atoms with Crippen molar-refractivity contribution in [2.24, 2.45) is 0 Å². The smallest absolute Gasteiger partial charge is 0.0959 e. The van der Waals surface area contributed by atoms with Crippen molar-refractivity contribution in [3.05, 3.63) is 24.4 Å². The molecule has 0 atom stereocenters. The van der Waals surface area contributed by atoms with Gasteiger partial charge in [-0.15, -0.1) is 11.8 Å². The lowest BCUT2D eigenvalue weighted by molar-refractivity contribution is 0.654. The molecule has 0 saturated heterocycles. The van der Waals surface area contributed by atoms with Crippen molar-refractivity contribution >= 4 is 29.0 Å². The van der Waals surface area contributed by atoms with Crippen LogP contribution in [0.25, 0.3) is 0 Å². The van der Waals surface area contributed by atoms with Gasteiger partial charge in [-0.3, -0.25) is 0 Å². The molecule has 0 radical (unpaired) electrons. The van der Waals surface area contributed by atoms with Crippen molar-refractivity contribution in [3.8, 4) is 0 Å². The van der Waals surface area contributed by atoms with E-state index in [9.17, 15) is 0 Å². The average Bonchev–Trinajstić information content (AvgIpc) is 2.40. The third kappa shape index (κ3) is 7.67. The average molecular weight is 282 g/mol. The maximum Gasteiger partial charge on any atom is 0.0959 e. The van der Waals surface area contributed by atoms with E-state index >= 15 is 0 Å². The van der Waals surface area contributed by atoms with Crippen molar-refractivity contribution in [2.45, 2.75) is 44.1 Å². The second-order valence-corrected chi connectivity index (χ2v) is 5.79. The van der Waals surface area contributed by atoms with Gasteiger partial charge in [-0.05, 0) is 18.6 Å². The van der Waals surface area contributed by atoms with Gasteiger partial charge >= 0.3 is 0 Å². The van der Waals surface area contributed by atoms with Crippen LogP contribution in [-0.4, -0.2) is 22.3 Å².